The van der Waals surface area contributed by atoms with E-state index in [0.29, 0.717) is 29.7 Å². The van der Waals surface area contributed by atoms with E-state index in [9.17, 15) is 15.5 Å². The van der Waals surface area contributed by atoms with Gasteiger partial charge in [-0.05, 0) is 41.7 Å². The average molecular weight is 411 g/mol. The number of hydrogen-bond donors (Lipinski definition) is 2. The van der Waals surface area contributed by atoms with Crippen molar-refractivity contribution < 1.29 is 24.4 Å². The Labute approximate surface area is 177 Å². The Morgan fingerprint density at radius 1 is 1.20 bits per heavy atom. The van der Waals surface area contributed by atoms with Gasteiger partial charge in [-0.25, -0.2) is 0 Å². The summed E-state index contributed by atoms with van der Waals surface area (Å²) < 4.78 is 17.4. The lowest BCUT2D eigenvalue weighted by Crippen LogP contribution is -2.46. The number of benzene rings is 2. The Bertz CT molecular complexity index is 905. The highest BCUT2D eigenvalue weighted by Crippen LogP contribution is 2.43. The Morgan fingerprint density at radius 3 is 2.47 bits per heavy atom. The summed E-state index contributed by atoms with van der Waals surface area (Å²) in [6, 6.07) is 14.1. The van der Waals surface area contributed by atoms with Crippen LogP contribution >= 0.6 is 0 Å². The van der Waals surface area contributed by atoms with E-state index in [2.05, 4.69) is 37.3 Å². The van der Waals surface area contributed by atoms with Crippen LogP contribution in [0.3, 0.4) is 0 Å². The first-order valence-electron chi connectivity index (χ1n) is 10.2. The molecule has 0 aliphatic carbocycles. The summed E-state index contributed by atoms with van der Waals surface area (Å²) in [6.07, 6.45) is 0.818. The molecule has 30 heavy (non-hydrogen) atoms. The molecule has 3 unspecified atom stereocenters. The summed E-state index contributed by atoms with van der Waals surface area (Å²) >= 11 is 0. The molecule has 1 saturated heterocycles. The Morgan fingerprint density at radius 2 is 1.90 bits per heavy atom. The van der Waals surface area contributed by atoms with Crippen molar-refractivity contribution in [2.45, 2.75) is 50.6 Å². The maximum absolute atomic E-state index is 10.4. The molecule has 6 heteroatoms. The third-order valence-electron chi connectivity index (χ3n) is 5.71. The van der Waals surface area contributed by atoms with Gasteiger partial charge in [-0.3, -0.25) is 0 Å². The van der Waals surface area contributed by atoms with Crippen molar-refractivity contribution in [3.63, 3.8) is 0 Å². The van der Waals surface area contributed by atoms with Crippen molar-refractivity contribution in [2.24, 2.45) is 0 Å². The second-order valence-electron chi connectivity index (χ2n) is 7.64. The van der Waals surface area contributed by atoms with E-state index >= 15 is 0 Å². The van der Waals surface area contributed by atoms with Crippen LogP contribution in [0.4, 0.5) is 0 Å². The minimum absolute atomic E-state index is 0.201. The number of rotatable bonds is 7. The fraction of sp³-hybridized carbons (Fsp3) is 0.458. The fourth-order valence-electron chi connectivity index (χ4n) is 4.04. The minimum atomic E-state index is -1.27. The highest BCUT2D eigenvalue weighted by atomic mass is 16.7. The van der Waals surface area contributed by atoms with Crippen molar-refractivity contribution in [3.8, 4) is 11.8 Å². The largest absolute Gasteiger partial charge is 0.496 e. The van der Waals surface area contributed by atoms with E-state index < -0.39 is 18.0 Å². The predicted octanol–water partition coefficient (Wildman–Crippen LogP) is 3.05. The number of aryl methyl sites for hydroxylation is 1. The lowest BCUT2D eigenvalue weighted by molar-refractivity contribution is -0.299. The number of hydrogen-bond acceptors (Lipinski definition) is 6. The summed E-state index contributed by atoms with van der Waals surface area (Å²) in [5, 5.41) is 29.7. The maximum Gasteiger partial charge on any atom is 0.201 e. The monoisotopic (exact) mass is 411 g/mol. The van der Waals surface area contributed by atoms with E-state index in [0.717, 1.165) is 17.5 Å². The van der Waals surface area contributed by atoms with Crippen LogP contribution in [-0.2, 0) is 28.1 Å². The van der Waals surface area contributed by atoms with Gasteiger partial charge < -0.3 is 24.4 Å². The van der Waals surface area contributed by atoms with Crippen LogP contribution in [-0.4, -0.2) is 43.2 Å². The average Bonchev–Trinajstić information content (AvgIpc) is 2.78. The van der Waals surface area contributed by atoms with Gasteiger partial charge in [0.05, 0.1) is 43.1 Å². The molecule has 0 aromatic heterocycles. The van der Waals surface area contributed by atoms with E-state index in [-0.39, 0.29) is 13.0 Å². The molecular formula is C24H29NO5. The first kappa shape index (κ1) is 22.3. The molecule has 6 nitrogen and oxygen atoms in total. The molecule has 3 atom stereocenters. The highest BCUT2D eigenvalue weighted by Gasteiger charge is 2.45. The van der Waals surface area contributed by atoms with Crippen molar-refractivity contribution in [2.75, 3.05) is 20.8 Å². The second-order valence-corrected chi connectivity index (χ2v) is 7.64. The Hall–Kier alpha value is -2.43. The standard InChI is InChI=1S/C24H29NO5/c1-4-16-5-7-17(8-6-16)9-18-10-22(23(28-2)11-19(18)14-25)24(29-3)13-20(27)12-21(15-26)30-24/h5-8,10-11,20-21,26-27H,4,9,12-13,15H2,1-3H3. The number of nitrogens with zero attached hydrogens (tertiary/aromatic N) is 1. The summed E-state index contributed by atoms with van der Waals surface area (Å²) in [5.41, 5.74) is 4.27. The summed E-state index contributed by atoms with van der Waals surface area (Å²) in [6.45, 7) is 1.89. The number of methoxy groups -OCH3 is 2. The fourth-order valence-corrected chi connectivity index (χ4v) is 4.04. The van der Waals surface area contributed by atoms with Gasteiger partial charge in [0.2, 0.25) is 5.79 Å². The van der Waals surface area contributed by atoms with Crippen molar-refractivity contribution >= 4 is 0 Å². The molecule has 2 N–H and O–H groups in total. The van der Waals surface area contributed by atoms with Crippen LogP contribution in [0, 0.1) is 11.3 Å². The SMILES string of the molecule is CCc1ccc(Cc2cc(C3(OC)CC(O)CC(CO)O3)c(OC)cc2C#N)cc1. The molecule has 2 aromatic carbocycles. The van der Waals surface area contributed by atoms with E-state index in [1.54, 1.807) is 6.07 Å². The van der Waals surface area contributed by atoms with Gasteiger partial charge in [-0.1, -0.05) is 31.2 Å². The van der Waals surface area contributed by atoms with Crippen molar-refractivity contribution in [3.05, 3.63) is 64.2 Å². The van der Waals surface area contributed by atoms with Crippen LogP contribution in [0.2, 0.25) is 0 Å². The lowest BCUT2D eigenvalue weighted by Gasteiger charge is -2.42. The van der Waals surface area contributed by atoms with Crippen LogP contribution in [0.25, 0.3) is 0 Å². The van der Waals surface area contributed by atoms with Gasteiger partial charge in [0.1, 0.15) is 5.75 Å². The number of aliphatic hydroxyl groups is 2. The molecule has 2 aromatic rings. The van der Waals surface area contributed by atoms with Gasteiger partial charge in [0.15, 0.2) is 0 Å². The van der Waals surface area contributed by atoms with Crippen LogP contribution < -0.4 is 4.74 Å². The zero-order valence-corrected chi connectivity index (χ0v) is 17.7. The van der Waals surface area contributed by atoms with Crippen LogP contribution in [0.1, 0.15) is 47.6 Å². The first-order chi connectivity index (χ1) is 14.5. The predicted molar refractivity (Wildman–Crippen MR) is 112 cm³/mol. The molecule has 0 radical (unpaired) electrons. The number of aliphatic hydroxyl groups excluding tert-OH is 2. The van der Waals surface area contributed by atoms with Gasteiger partial charge in [0, 0.05) is 20.0 Å². The molecule has 0 bridgehead atoms. The van der Waals surface area contributed by atoms with Crippen LogP contribution in [0.5, 0.6) is 5.75 Å². The van der Waals surface area contributed by atoms with E-state index in [1.807, 2.05) is 6.07 Å². The zero-order valence-electron chi connectivity index (χ0n) is 17.7. The van der Waals surface area contributed by atoms with Gasteiger partial charge in [-0.2, -0.15) is 5.26 Å². The zero-order chi connectivity index (χ0) is 21.7. The third-order valence-corrected chi connectivity index (χ3v) is 5.71. The molecule has 1 aliphatic rings. The molecule has 0 amide bonds. The lowest BCUT2D eigenvalue weighted by atomic mass is 9.88. The van der Waals surface area contributed by atoms with Crippen molar-refractivity contribution in [1.82, 2.24) is 0 Å². The van der Waals surface area contributed by atoms with E-state index in [4.69, 9.17) is 14.2 Å². The smallest absolute Gasteiger partial charge is 0.201 e. The normalized spacial score (nSPS) is 23.7. The molecular weight excluding hydrogens is 382 g/mol. The molecule has 160 valence electrons. The Kier molecular flexibility index (Phi) is 7.11. The van der Waals surface area contributed by atoms with Crippen LogP contribution in [0.15, 0.2) is 36.4 Å². The second kappa shape index (κ2) is 9.59. The molecule has 0 spiro atoms. The minimum Gasteiger partial charge on any atom is -0.496 e. The molecule has 1 fully saturated rings. The summed E-state index contributed by atoms with van der Waals surface area (Å²) in [7, 11) is 3.03. The molecule has 0 saturated carbocycles. The quantitative estimate of drug-likeness (QED) is 0.728. The molecule has 1 heterocycles. The van der Waals surface area contributed by atoms with Gasteiger partial charge in [-0.15, -0.1) is 0 Å². The highest BCUT2D eigenvalue weighted by molar-refractivity contribution is 5.51. The summed E-state index contributed by atoms with van der Waals surface area (Å²) in [4.78, 5) is 0. The first-order valence-corrected chi connectivity index (χ1v) is 10.2. The summed E-state index contributed by atoms with van der Waals surface area (Å²) in [5.74, 6) is -0.824. The van der Waals surface area contributed by atoms with Crippen molar-refractivity contribution in [1.29, 1.82) is 5.26 Å². The number of ether oxygens (including phenoxy) is 3. The molecule has 3 rings (SSSR count). The van der Waals surface area contributed by atoms with Gasteiger partial charge in [0.25, 0.3) is 0 Å². The Balaban J connectivity index is 2.06. The molecule has 1 aliphatic heterocycles. The topological polar surface area (TPSA) is 91.9 Å². The third kappa shape index (κ3) is 4.50. The number of nitriles is 1. The van der Waals surface area contributed by atoms with E-state index in [1.165, 1.54) is 19.8 Å². The van der Waals surface area contributed by atoms with Gasteiger partial charge >= 0.3 is 0 Å². The maximum atomic E-state index is 10.4.